The van der Waals surface area contributed by atoms with E-state index in [1.165, 1.54) is 0 Å². The number of hydrogen-bond acceptors (Lipinski definition) is 5. The van der Waals surface area contributed by atoms with E-state index in [1.807, 2.05) is 44.2 Å². The molecule has 1 N–H and O–H groups in total. The quantitative estimate of drug-likeness (QED) is 0.935. The average Bonchev–Trinajstić information content (AvgIpc) is 2.52. The first-order valence-corrected chi connectivity index (χ1v) is 7.21. The predicted molar refractivity (Wildman–Crippen MR) is 81.0 cm³/mol. The Morgan fingerprint density at radius 3 is 2.86 bits per heavy atom. The number of anilines is 1. The van der Waals surface area contributed by atoms with Crippen molar-refractivity contribution in [3.63, 3.8) is 0 Å². The minimum Gasteiger partial charge on any atom is -0.486 e. The number of nitrogens with one attached hydrogen (secondary N) is 1. The molecule has 5 heteroatoms. The van der Waals surface area contributed by atoms with Crippen molar-refractivity contribution in [2.45, 2.75) is 26.4 Å². The Hall–Kier alpha value is -2.30. The smallest absolute Gasteiger partial charge is 0.161 e. The molecule has 2 heterocycles. The summed E-state index contributed by atoms with van der Waals surface area (Å²) in [5.74, 6) is 3.29. The zero-order chi connectivity index (χ0) is 14.7. The second-order valence-electron chi connectivity index (χ2n) is 5.04. The van der Waals surface area contributed by atoms with Crippen LogP contribution in [0.4, 0.5) is 5.82 Å². The highest BCUT2D eigenvalue weighted by Gasteiger charge is 2.20. The molecule has 1 aliphatic rings. The van der Waals surface area contributed by atoms with Crippen LogP contribution in [0.1, 0.15) is 18.4 Å². The number of nitrogens with zero attached hydrogens (tertiary/aromatic N) is 2. The van der Waals surface area contributed by atoms with E-state index in [2.05, 4.69) is 15.3 Å². The van der Waals surface area contributed by atoms with Gasteiger partial charge in [-0.1, -0.05) is 19.1 Å². The molecule has 1 atom stereocenters. The Bertz CT molecular complexity index is 631. The Balaban J connectivity index is 1.63. The molecular weight excluding hydrogens is 266 g/mol. The van der Waals surface area contributed by atoms with Crippen LogP contribution in [-0.4, -0.2) is 29.2 Å². The third-order valence-electron chi connectivity index (χ3n) is 3.30. The number of ether oxygens (including phenoxy) is 2. The summed E-state index contributed by atoms with van der Waals surface area (Å²) in [6, 6.07) is 9.67. The summed E-state index contributed by atoms with van der Waals surface area (Å²) in [6.45, 7) is 5.21. The van der Waals surface area contributed by atoms with Crippen LogP contribution in [0.15, 0.2) is 30.3 Å². The highest BCUT2D eigenvalue weighted by Crippen LogP contribution is 2.30. The molecule has 0 saturated heterocycles. The number of fused-ring (bicyclic) bond motifs is 1. The molecule has 1 aromatic heterocycles. The highest BCUT2D eigenvalue weighted by molar-refractivity contribution is 5.41. The normalized spacial score (nSPS) is 16.6. The lowest BCUT2D eigenvalue weighted by molar-refractivity contribution is 0.0997. The van der Waals surface area contributed by atoms with Gasteiger partial charge in [-0.25, -0.2) is 9.97 Å². The van der Waals surface area contributed by atoms with Crippen LogP contribution >= 0.6 is 0 Å². The molecular formula is C16H19N3O2. The first-order valence-electron chi connectivity index (χ1n) is 7.21. The van der Waals surface area contributed by atoms with Crippen LogP contribution in [0, 0.1) is 6.92 Å². The topological polar surface area (TPSA) is 56.3 Å². The summed E-state index contributed by atoms with van der Waals surface area (Å²) in [7, 11) is 0. The molecule has 1 aliphatic heterocycles. The molecule has 1 unspecified atom stereocenters. The van der Waals surface area contributed by atoms with E-state index in [1.54, 1.807) is 0 Å². The fourth-order valence-electron chi connectivity index (χ4n) is 2.26. The molecule has 0 amide bonds. The average molecular weight is 285 g/mol. The van der Waals surface area contributed by atoms with Gasteiger partial charge in [0.25, 0.3) is 0 Å². The van der Waals surface area contributed by atoms with E-state index in [0.29, 0.717) is 13.2 Å². The van der Waals surface area contributed by atoms with Gasteiger partial charge >= 0.3 is 0 Å². The maximum Gasteiger partial charge on any atom is 0.161 e. The van der Waals surface area contributed by atoms with Crippen molar-refractivity contribution in [2.24, 2.45) is 0 Å². The predicted octanol–water partition coefficient (Wildman–Crippen LogP) is 2.60. The standard InChI is InChI=1S/C16H19N3O2/c1-3-15-18-11(2)8-16(19-15)17-9-12-10-20-13-6-4-5-7-14(13)21-12/h4-8,12H,3,9-10H2,1-2H3,(H,17,18,19). The second-order valence-corrected chi connectivity index (χ2v) is 5.04. The summed E-state index contributed by atoms with van der Waals surface area (Å²) in [6.07, 6.45) is 0.799. The lowest BCUT2D eigenvalue weighted by Gasteiger charge is -2.26. The van der Waals surface area contributed by atoms with E-state index in [4.69, 9.17) is 9.47 Å². The van der Waals surface area contributed by atoms with E-state index >= 15 is 0 Å². The number of aryl methyl sites for hydroxylation is 2. The molecule has 0 fully saturated rings. The molecule has 0 bridgehead atoms. The third kappa shape index (κ3) is 3.24. The first-order chi connectivity index (χ1) is 10.2. The van der Waals surface area contributed by atoms with Crippen LogP contribution < -0.4 is 14.8 Å². The fraction of sp³-hybridized carbons (Fsp3) is 0.375. The van der Waals surface area contributed by atoms with Gasteiger partial charge in [-0.3, -0.25) is 0 Å². The first kappa shape index (κ1) is 13.7. The third-order valence-corrected chi connectivity index (χ3v) is 3.30. The van der Waals surface area contributed by atoms with E-state index in [9.17, 15) is 0 Å². The molecule has 0 saturated carbocycles. The van der Waals surface area contributed by atoms with Crippen molar-refractivity contribution in [3.8, 4) is 11.5 Å². The van der Waals surface area contributed by atoms with E-state index < -0.39 is 0 Å². The van der Waals surface area contributed by atoms with Crippen molar-refractivity contribution in [2.75, 3.05) is 18.5 Å². The summed E-state index contributed by atoms with van der Waals surface area (Å²) in [5.41, 5.74) is 0.968. The van der Waals surface area contributed by atoms with E-state index in [-0.39, 0.29) is 6.10 Å². The molecule has 2 aromatic rings. The number of benzene rings is 1. The molecule has 3 rings (SSSR count). The van der Waals surface area contributed by atoms with Gasteiger partial charge in [-0.15, -0.1) is 0 Å². The van der Waals surface area contributed by atoms with Crippen molar-refractivity contribution in [3.05, 3.63) is 41.9 Å². The molecule has 21 heavy (non-hydrogen) atoms. The largest absolute Gasteiger partial charge is 0.486 e. The Kier molecular flexibility index (Phi) is 3.90. The molecule has 0 radical (unpaired) electrons. The zero-order valence-electron chi connectivity index (χ0n) is 12.3. The lowest BCUT2D eigenvalue weighted by atomic mass is 10.2. The Labute approximate surface area is 124 Å². The van der Waals surface area contributed by atoms with Crippen LogP contribution in [0.25, 0.3) is 0 Å². The van der Waals surface area contributed by atoms with Gasteiger partial charge in [0.1, 0.15) is 24.4 Å². The summed E-state index contributed by atoms with van der Waals surface area (Å²) in [4.78, 5) is 8.83. The van der Waals surface area contributed by atoms with Crippen LogP contribution in [0.2, 0.25) is 0 Å². The SMILES string of the molecule is CCc1nc(C)cc(NCC2COc3ccccc3O2)n1. The maximum absolute atomic E-state index is 5.91. The fourth-order valence-corrected chi connectivity index (χ4v) is 2.26. The molecule has 5 nitrogen and oxygen atoms in total. The summed E-state index contributed by atoms with van der Waals surface area (Å²) < 4.78 is 11.6. The van der Waals surface area contributed by atoms with Gasteiger partial charge < -0.3 is 14.8 Å². The number of rotatable bonds is 4. The van der Waals surface area contributed by atoms with Crippen molar-refractivity contribution in [1.82, 2.24) is 9.97 Å². The number of aromatic nitrogens is 2. The highest BCUT2D eigenvalue weighted by atomic mass is 16.6. The van der Waals surface area contributed by atoms with Crippen LogP contribution in [-0.2, 0) is 6.42 Å². The molecule has 110 valence electrons. The lowest BCUT2D eigenvalue weighted by Crippen LogP contribution is -2.35. The van der Waals surface area contributed by atoms with Gasteiger partial charge in [0.15, 0.2) is 11.5 Å². The van der Waals surface area contributed by atoms with Crippen molar-refractivity contribution in [1.29, 1.82) is 0 Å². The zero-order valence-corrected chi connectivity index (χ0v) is 12.3. The van der Waals surface area contributed by atoms with Gasteiger partial charge in [-0.2, -0.15) is 0 Å². The molecule has 0 aliphatic carbocycles. The van der Waals surface area contributed by atoms with Crippen LogP contribution in [0.3, 0.4) is 0 Å². The van der Waals surface area contributed by atoms with Gasteiger partial charge in [0.05, 0.1) is 6.54 Å². The second kappa shape index (κ2) is 5.99. The Morgan fingerprint density at radius 2 is 2.05 bits per heavy atom. The minimum absolute atomic E-state index is 0.0275. The number of hydrogen-bond donors (Lipinski definition) is 1. The van der Waals surface area contributed by atoms with Gasteiger partial charge in [0.2, 0.25) is 0 Å². The summed E-state index contributed by atoms with van der Waals surface area (Å²) in [5, 5.41) is 3.30. The van der Waals surface area contributed by atoms with Gasteiger partial charge in [0, 0.05) is 18.2 Å². The number of para-hydroxylation sites is 2. The minimum atomic E-state index is -0.0275. The van der Waals surface area contributed by atoms with Crippen LogP contribution in [0.5, 0.6) is 11.5 Å². The van der Waals surface area contributed by atoms with E-state index in [0.717, 1.165) is 35.3 Å². The van der Waals surface area contributed by atoms with Gasteiger partial charge in [-0.05, 0) is 19.1 Å². The molecule has 1 aromatic carbocycles. The summed E-state index contributed by atoms with van der Waals surface area (Å²) >= 11 is 0. The maximum atomic E-state index is 5.91. The van der Waals surface area contributed by atoms with Crippen molar-refractivity contribution < 1.29 is 9.47 Å². The Morgan fingerprint density at radius 1 is 1.24 bits per heavy atom. The molecule has 0 spiro atoms. The van der Waals surface area contributed by atoms with Crippen molar-refractivity contribution >= 4 is 5.82 Å². The monoisotopic (exact) mass is 285 g/mol.